The van der Waals surface area contributed by atoms with Gasteiger partial charge in [-0.25, -0.2) is 9.18 Å². The van der Waals surface area contributed by atoms with Crippen LogP contribution in [0.1, 0.15) is 12.5 Å². The summed E-state index contributed by atoms with van der Waals surface area (Å²) in [4.78, 5) is 23.0. The molecule has 0 aliphatic carbocycles. The van der Waals surface area contributed by atoms with Crippen molar-refractivity contribution in [2.45, 2.75) is 30.3 Å². The summed E-state index contributed by atoms with van der Waals surface area (Å²) in [6.45, 7) is 2.12. The van der Waals surface area contributed by atoms with Gasteiger partial charge in [0.05, 0.1) is 10.8 Å². The number of nitrogens with one attached hydrogen (secondary N) is 1. The van der Waals surface area contributed by atoms with E-state index in [1.54, 1.807) is 29.7 Å². The normalized spacial score (nSPS) is 11.8. The Hall–Kier alpha value is -3.20. The van der Waals surface area contributed by atoms with Gasteiger partial charge in [-0.1, -0.05) is 54.2 Å². The zero-order valence-electron chi connectivity index (χ0n) is 15.7. The molecule has 0 saturated heterocycles. The highest BCUT2D eigenvalue weighted by Gasteiger charge is 2.22. The van der Waals surface area contributed by atoms with Gasteiger partial charge >= 0.3 is 6.03 Å². The molecule has 3 aromatic rings. The molecule has 2 aromatic carbocycles. The smallest absolute Gasteiger partial charge is 0.318 e. The van der Waals surface area contributed by atoms with E-state index >= 15 is 0 Å². The highest BCUT2D eigenvalue weighted by Crippen LogP contribution is 2.28. The number of thioether (sulfide) groups is 1. The number of hydrogen-bond acceptors (Lipinski definition) is 5. The van der Waals surface area contributed by atoms with Crippen molar-refractivity contribution in [2.24, 2.45) is 5.73 Å². The number of hydrogen-bond donors (Lipinski definition) is 2. The molecule has 1 aromatic heterocycles. The minimum atomic E-state index is -0.917. The second kappa shape index (κ2) is 9.33. The molecule has 3 amide bonds. The van der Waals surface area contributed by atoms with Crippen molar-refractivity contribution in [3.05, 3.63) is 66.0 Å². The third-order valence-electron chi connectivity index (χ3n) is 4.20. The minimum Gasteiger partial charge on any atom is -0.351 e. The van der Waals surface area contributed by atoms with Gasteiger partial charge in [0, 0.05) is 6.54 Å². The Labute approximate surface area is 171 Å². The van der Waals surface area contributed by atoms with Gasteiger partial charge < -0.3 is 10.3 Å². The molecule has 0 radical (unpaired) electrons. The number of carbonyl (C=O) groups is 2. The van der Waals surface area contributed by atoms with Gasteiger partial charge in [-0.3, -0.25) is 10.1 Å². The Morgan fingerprint density at radius 3 is 2.52 bits per heavy atom. The fourth-order valence-corrected chi connectivity index (χ4v) is 3.61. The van der Waals surface area contributed by atoms with Crippen LogP contribution >= 0.6 is 11.8 Å². The monoisotopic (exact) mass is 413 g/mol. The van der Waals surface area contributed by atoms with E-state index < -0.39 is 23.0 Å². The summed E-state index contributed by atoms with van der Waals surface area (Å²) in [5.74, 6) is -0.562. The number of aromatic nitrogens is 3. The predicted octanol–water partition coefficient (Wildman–Crippen LogP) is 3.00. The number of rotatable bonds is 7. The molecule has 9 heteroatoms. The lowest BCUT2D eigenvalue weighted by molar-refractivity contribution is -0.119. The molecular weight excluding hydrogens is 393 g/mol. The fraction of sp³-hybridized carbons (Fsp3) is 0.200. The van der Waals surface area contributed by atoms with E-state index in [9.17, 15) is 14.0 Å². The number of amides is 3. The maximum atomic E-state index is 14.4. The van der Waals surface area contributed by atoms with Crippen molar-refractivity contribution in [3.63, 3.8) is 0 Å². The van der Waals surface area contributed by atoms with Gasteiger partial charge in [0.15, 0.2) is 11.0 Å². The van der Waals surface area contributed by atoms with Crippen molar-refractivity contribution < 1.29 is 14.0 Å². The molecule has 0 aliphatic heterocycles. The van der Waals surface area contributed by atoms with Crippen LogP contribution in [0.25, 0.3) is 11.4 Å². The molecule has 7 nitrogen and oxygen atoms in total. The van der Waals surface area contributed by atoms with Gasteiger partial charge in [-0.2, -0.15) is 0 Å². The molecule has 3 rings (SSSR count). The summed E-state index contributed by atoms with van der Waals surface area (Å²) in [6.07, 6.45) is 0.676. The molecule has 0 bridgehead atoms. The molecule has 3 N–H and O–H groups in total. The Balaban J connectivity index is 1.90. The topological polar surface area (TPSA) is 103 Å². The van der Waals surface area contributed by atoms with Gasteiger partial charge in [0.2, 0.25) is 5.91 Å². The van der Waals surface area contributed by atoms with Crippen LogP contribution in [-0.2, 0) is 17.8 Å². The summed E-state index contributed by atoms with van der Waals surface area (Å²) in [6, 6.07) is 15.3. The van der Waals surface area contributed by atoms with Gasteiger partial charge in [-0.15, -0.1) is 10.2 Å². The number of nitrogens with zero attached hydrogens (tertiary/aromatic N) is 3. The molecule has 0 saturated carbocycles. The molecule has 29 heavy (non-hydrogen) atoms. The van der Waals surface area contributed by atoms with Gasteiger partial charge in [0.1, 0.15) is 5.82 Å². The van der Waals surface area contributed by atoms with E-state index in [0.29, 0.717) is 29.5 Å². The first kappa shape index (κ1) is 20.5. The third kappa shape index (κ3) is 5.20. The van der Waals surface area contributed by atoms with Crippen molar-refractivity contribution in [3.8, 4) is 11.4 Å². The van der Waals surface area contributed by atoms with Crippen LogP contribution < -0.4 is 11.1 Å². The molecule has 1 heterocycles. The summed E-state index contributed by atoms with van der Waals surface area (Å²) in [5.41, 5.74) is 6.44. The maximum Gasteiger partial charge on any atom is 0.318 e. The zero-order valence-corrected chi connectivity index (χ0v) is 16.5. The van der Waals surface area contributed by atoms with Crippen molar-refractivity contribution >= 4 is 23.7 Å². The van der Waals surface area contributed by atoms with Gasteiger partial charge in [0.25, 0.3) is 0 Å². The van der Waals surface area contributed by atoms with Crippen LogP contribution in [0, 0.1) is 5.82 Å². The first-order valence-corrected chi connectivity index (χ1v) is 9.82. The number of halogens is 1. The molecule has 0 fully saturated rings. The highest BCUT2D eigenvalue weighted by atomic mass is 32.2. The molecule has 0 spiro atoms. The predicted molar refractivity (Wildman–Crippen MR) is 109 cm³/mol. The zero-order chi connectivity index (χ0) is 20.8. The van der Waals surface area contributed by atoms with Crippen LogP contribution in [-0.4, -0.2) is 32.0 Å². The lowest BCUT2D eigenvalue weighted by Gasteiger charge is -2.13. The lowest BCUT2D eigenvalue weighted by atomic mass is 10.1. The van der Waals surface area contributed by atoms with E-state index in [1.807, 2.05) is 35.6 Å². The summed E-state index contributed by atoms with van der Waals surface area (Å²) < 4.78 is 16.1. The van der Waals surface area contributed by atoms with E-state index in [2.05, 4.69) is 10.2 Å². The summed E-state index contributed by atoms with van der Waals surface area (Å²) in [7, 11) is 0. The molecule has 0 aliphatic rings. The average Bonchev–Trinajstić information content (AvgIpc) is 3.09. The lowest BCUT2D eigenvalue weighted by Crippen LogP contribution is -2.39. The molecular formula is C20H20FN5O2S. The minimum absolute atomic E-state index is 0.328. The van der Waals surface area contributed by atoms with Gasteiger partial charge in [-0.05, 0) is 31.0 Å². The van der Waals surface area contributed by atoms with E-state index in [4.69, 9.17) is 5.73 Å². The maximum absolute atomic E-state index is 14.4. The van der Waals surface area contributed by atoms with Crippen LogP contribution in [0.3, 0.4) is 0 Å². The highest BCUT2D eigenvalue weighted by molar-refractivity contribution is 8.00. The number of urea groups is 1. The number of imide groups is 1. The quantitative estimate of drug-likeness (QED) is 0.580. The summed E-state index contributed by atoms with van der Waals surface area (Å²) in [5, 5.41) is 10.2. The number of nitrogens with two attached hydrogens (primary N) is 1. The largest absolute Gasteiger partial charge is 0.351 e. The Morgan fingerprint density at radius 1 is 1.14 bits per heavy atom. The second-order valence-electron chi connectivity index (χ2n) is 6.29. The third-order valence-corrected chi connectivity index (χ3v) is 5.28. The van der Waals surface area contributed by atoms with Crippen molar-refractivity contribution in [1.82, 2.24) is 20.1 Å². The number of primary amides is 1. The number of carbonyl (C=O) groups excluding carboxylic acids is 2. The number of aryl methyl sites for hydroxylation is 1. The molecule has 0 unspecified atom stereocenters. The SMILES string of the molecule is C[C@H](Sc1nnc(-c2ccccc2F)n1CCc1ccccc1)C(=O)NC(N)=O. The van der Waals surface area contributed by atoms with Crippen molar-refractivity contribution in [2.75, 3.05) is 0 Å². The average molecular weight is 413 g/mol. The fourth-order valence-electron chi connectivity index (χ4n) is 2.74. The first-order valence-electron chi connectivity index (χ1n) is 8.94. The molecule has 150 valence electrons. The van der Waals surface area contributed by atoms with E-state index in [0.717, 1.165) is 17.3 Å². The van der Waals surface area contributed by atoms with E-state index in [-0.39, 0.29) is 0 Å². The van der Waals surface area contributed by atoms with Crippen LogP contribution in [0.15, 0.2) is 59.8 Å². The molecule has 1 atom stereocenters. The van der Waals surface area contributed by atoms with Crippen LogP contribution in [0.4, 0.5) is 9.18 Å². The Kier molecular flexibility index (Phi) is 6.61. The Morgan fingerprint density at radius 2 is 1.83 bits per heavy atom. The Bertz CT molecular complexity index is 1010. The van der Waals surface area contributed by atoms with Crippen molar-refractivity contribution in [1.29, 1.82) is 0 Å². The number of benzene rings is 2. The van der Waals surface area contributed by atoms with E-state index in [1.165, 1.54) is 6.07 Å². The second-order valence-corrected chi connectivity index (χ2v) is 7.59. The van der Waals surface area contributed by atoms with Crippen LogP contribution in [0.2, 0.25) is 0 Å². The first-order chi connectivity index (χ1) is 14.0. The summed E-state index contributed by atoms with van der Waals surface area (Å²) >= 11 is 1.12. The standard InChI is InChI=1S/C20H20FN5O2S/c1-13(18(27)23-19(22)28)29-20-25-24-17(15-9-5-6-10-16(15)21)26(20)12-11-14-7-3-2-4-8-14/h2-10,13H,11-12H2,1H3,(H3,22,23,27,28)/t13-/m0/s1. The van der Waals surface area contributed by atoms with Crippen LogP contribution in [0.5, 0.6) is 0 Å².